The van der Waals surface area contributed by atoms with E-state index in [0.29, 0.717) is 5.78 Å². The van der Waals surface area contributed by atoms with E-state index in [9.17, 15) is 4.79 Å². The normalized spacial score (nSPS) is 20.1. The lowest BCUT2D eigenvalue weighted by Crippen LogP contribution is -2.29. The fraction of sp³-hybridized carbons (Fsp3) is 0.583. The number of carbonyl (C=O) groups excluding carboxylic acids is 1. The van der Waals surface area contributed by atoms with Gasteiger partial charge in [0.15, 0.2) is 5.78 Å². The van der Waals surface area contributed by atoms with Crippen molar-refractivity contribution in [2.45, 2.75) is 39.0 Å². The van der Waals surface area contributed by atoms with Crippen LogP contribution < -0.4 is 0 Å². The zero-order valence-electron chi connectivity index (χ0n) is 8.88. The van der Waals surface area contributed by atoms with Gasteiger partial charge in [0.2, 0.25) is 0 Å². The first kappa shape index (κ1) is 11.3. The van der Waals surface area contributed by atoms with Crippen molar-refractivity contribution >= 4 is 33.0 Å². The highest BCUT2D eigenvalue weighted by Crippen LogP contribution is 2.40. The van der Waals surface area contributed by atoms with E-state index in [0.717, 1.165) is 21.5 Å². The molecule has 82 valence electrons. The molecule has 0 atom stereocenters. The molecule has 1 aliphatic rings. The summed E-state index contributed by atoms with van der Waals surface area (Å²) in [5, 5.41) is 0. The summed E-state index contributed by atoms with van der Waals surface area (Å²) in [6.07, 6.45) is 5.81. The van der Waals surface area contributed by atoms with Crippen LogP contribution in [-0.4, -0.2) is 5.78 Å². The minimum Gasteiger partial charge on any atom is -0.293 e. The first-order chi connectivity index (χ1) is 7.12. The minimum atomic E-state index is -0.0947. The predicted molar refractivity (Wildman–Crippen MR) is 67.5 cm³/mol. The van der Waals surface area contributed by atoms with Gasteiger partial charge in [0.05, 0.1) is 8.66 Å². The molecule has 0 spiro atoms. The van der Waals surface area contributed by atoms with Crippen molar-refractivity contribution in [1.82, 2.24) is 0 Å². The minimum absolute atomic E-state index is 0.0947. The fourth-order valence-corrected chi connectivity index (χ4v) is 3.77. The van der Waals surface area contributed by atoms with E-state index < -0.39 is 0 Å². The van der Waals surface area contributed by atoms with Crippen molar-refractivity contribution in [3.63, 3.8) is 0 Å². The molecule has 0 N–H and O–H groups in total. The zero-order valence-corrected chi connectivity index (χ0v) is 11.3. The molecule has 0 radical (unpaired) electrons. The third kappa shape index (κ3) is 2.34. The maximum atomic E-state index is 12.3. The Morgan fingerprint density at radius 1 is 1.33 bits per heavy atom. The number of ketones is 1. The van der Waals surface area contributed by atoms with Crippen LogP contribution in [0.2, 0.25) is 0 Å². The Morgan fingerprint density at radius 3 is 2.53 bits per heavy atom. The number of rotatable bonds is 2. The Morgan fingerprint density at radius 2 is 2.00 bits per heavy atom. The highest BCUT2D eigenvalue weighted by atomic mass is 79.9. The fourth-order valence-electron chi connectivity index (χ4n) is 2.29. The molecule has 1 aromatic heterocycles. The first-order valence-electron chi connectivity index (χ1n) is 5.42. The quantitative estimate of drug-likeness (QED) is 0.723. The molecular weight excluding hydrogens is 272 g/mol. The molecule has 1 heterocycles. The largest absolute Gasteiger partial charge is 0.293 e. The summed E-state index contributed by atoms with van der Waals surface area (Å²) < 4.78 is 1.05. The molecule has 0 aliphatic heterocycles. The Balaban J connectivity index is 2.19. The second kappa shape index (κ2) is 4.38. The van der Waals surface area contributed by atoms with Gasteiger partial charge in [-0.1, -0.05) is 26.2 Å². The third-order valence-corrected chi connectivity index (χ3v) is 4.92. The maximum Gasteiger partial charge on any atom is 0.178 e. The van der Waals surface area contributed by atoms with Crippen molar-refractivity contribution in [1.29, 1.82) is 0 Å². The average Bonchev–Trinajstić information content (AvgIpc) is 2.65. The molecule has 1 nitrogen and oxygen atoms in total. The van der Waals surface area contributed by atoms with E-state index in [2.05, 4.69) is 22.9 Å². The average molecular weight is 287 g/mol. The SMILES string of the molecule is CC1(C(=O)c2ccc(Br)s2)CCCCC1. The number of carbonyl (C=O) groups is 1. The molecule has 2 rings (SSSR count). The number of halogens is 1. The van der Waals surface area contributed by atoms with Crippen LogP contribution in [0.1, 0.15) is 48.7 Å². The van der Waals surface area contributed by atoms with E-state index in [-0.39, 0.29) is 5.41 Å². The van der Waals surface area contributed by atoms with Crippen LogP contribution in [0.4, 0.5) is 0 Å². The second-order valence-corrected chi connectivity index (χ2v) is 7.02. The Bertz CT molecular complexity index is 363. The van der Waals surface area contributed by atoms with Gasteiger partial charge in [0.25, 0.3) is 0 Å². The van der Waals surface area contributed by atoms with Crippen LogP contribution in [-0.2, 0) is 0 Å². The third-order valence-electron chi connectivity index (χ3n) is 3.30. The van der Waals surface area contributed by atoms with Crippen LogP contribution in [0.25, 0.3) is 0 Å². The highest BCUT2D eigenvalue weighted by molar-refractivity contribution is 9.11. The lowest BCUT2D eigenvalue weighted by Gasteiger charge is -2.31. The molecule has 0 amide bonds. The summed E-state index contributed by atoms with van der Waals surface area (Å²) in [6, 6.07) is 3.90. The Kier molecular flexibility index (Phi) is 3.31. The van der Waals surface area contributed by atoms with Crippen LogP contribution in [0.15, 0.2) is 15.9 Å². The zero-order chi connectivity index (χ0) is 10.9. The summed E-state index contributed by atoms with van der Waals surface area (Å²) in [7, 11) is 0. The van der Waals surface area contributed by atoms with Crippen LogP contribution in [0.5, 0.6) is 0 Å². The summed E-state index contributed by atoms with van der Waals surface area (Å²) in [5.74, 6) is 0.345. The molecule has 1 aliphatic carbocycles. The van der Waals surface area contributed by atoms with Gasteiger partial charge >= 0.3 is 0 Å². The van der Waals surface area contributed by atoms with Gasteiger partial charge in [0.1, 0.15) is 0 Å². The molecule has 0 saturated heterocycles. The molecule has 1 fully saturated rings. The van der Waals surface area contributed by atoms with Crippen molar-refractivity contribution in [2.75, 3.05) is 0 Å². The van der Waals surface area contributed by atoms with Gasteiger partial charge in [-0.25, -0.2) is 0 Å². The van der Waals surface area contributed by atoms with E-state index in [1.807, 2.05) is 12.1 Å². The lowest BCUT2D eigenvalue weighted by molar-refractivity contribution is 0.0754. The summed E-state index contributed by atoms with van der Waals surface area (Å²) in [4.78, 5) is 13.2. The van der Waals surface area contributed by atoms with Gasteiger partial charge < -0.3 is 0 Å². The molecule has 0 bridgehead atoms. The van der Waals surface area contributed by atoms with E-state index >= 15 is 0 Å². The van der Waals surface area contributed by atoms with Crippen LogP contribution in [0, 0.1) is 5.41 Å². The number of hydrogen-bond acceptors (Lipinski definition) is 2. The monoisotopic (exact) mass is 286 g/mol. The second-order valence-electron chi connectivity index (χ2n) is 4.55. The molecule has 1 saturated carbocycles. The predicted octanol–water partition coefficient (Wildman–Crippen LogP) is 4.66. The first-order valence-corrected chi connectivity index (χ1v) is 7.03. The van der Waals surface area contributed by atoms with Crippen molar-refractivity contribution < 1.29 is 4.79 Å². The van der Waals surface area contributed by atoms with E-state index in [1.54, 1.807) is 11.3 Å². The number of Topliss-reactive ketones (excluding diaryl/α,β-unsaturated/α-hetero) is 1. The van der Waals surface area contributed by atoms with Gasteiger partial charge in [0, 0.05) is 5.41 Å². The molecular formula is C12H15BrOS. The highest BCUT2D eigenvalue weighted by Gasteiger charge is 2.35. The van der Waals surface area contributed by atoms with E-state index in [4.69, 9.17) is 0 Å². The lowest BCUT2D eigenvalue weighted by atomic mass is 9.72. The van der Waals surface area contributed by atoms with E-state index in [1.165, 1.54) is 19.3 Å². The summed E-state index contributed by atoms with van der Waals surface area (Å²) >= 11 is 4.96. The number of thiophene rings is 1. The van der Waals surface area contributed by atoms with Crippen molar-refractivity contribution in [3.8, 4) is 0 Å². The molecule has 1 aromatic rings. The van der Waals surface area contributed by atoms with Crippen LogP contribution >= 0.6 is 27.3 Å². The smallest absolute Gasteiger partial charge is 0.178 e. The van der Waals surface area contributed by atoms with Gasteiger partial charge in [-0.3, -0.25) is 4.79 Å². The van der Waals surface area contributed by atoms with Gasteiger partial charge in [-0.15, -0.1) is 11.3 Å². The summed E-state index contributed by atoms with van der Waals surface area (Å²) in [6.45, 7) is 2.13. The Hall–Kier alpha value is -0.150. The Labute approximate surface area is 103 Å². The standard InChI is InChI=1S/C12H15BrOS/c1-12(7-3-2-4-8-12)11(14)9-5-6-10(13)15-9/h5-6H,2-4,7-8H2,1H3. The van der Waals surface area contributed by atoms with Crippen molar-refractivity contribution in [3.05, 3.63) is 20.8 Å². The van der Waals surface area contributed by atoms with Gasteiger partial charge in [-0.2, -0.15) is 0 Å². The molecule has 0 aromatic carbocycles. The summed E-state index contributed by atoms with van der Waals surface area (Å²) in [5.41, 5.74) is -0.0947. The van der Waals surface area contributed by atoms with Crippen LogP contribution in [0.3, 0.4) is 0 Å². The topological polar surface area (TPSA) is 17.1 Å². The number of hydrogen-bond donors (Lipinski definition) is 0. The molecule has 3 heteroatoms. The molecule has 15 heavy (non-hydrogen) atoms. The molecule has 0 unspecified atom stereocenters. The van der Waals surface area contributed by atoms with Gasteiger partial charge in [-0.05, 0) is 40.9 Å². The maximum absolute atomic E-state index is 12.3. The van der Waals surface area contributed by atoms with Crippen molar-refractivity contribution in [2.24, 2.45) is 5.41 Å².